The molecule has 7 heteroatoms. The van der Waals surface area contributed by atoms with Crippen LogP contribution in [0.5, 0.6) is 0 Å². The van der Waals surface area contributed by atoms with Gasteiger partial charge in [-0.15, -0.1) is 0 Å². The maximum atomic E-state index is 7.97. The van der Waals surface area contributed by atoms with E-state index in [2.05, 4.69) is 79.2 Å². The van der Waals surface area contributed by atoms with E-state index in [-0.39, 0.29) is 0 Å². The highest BCUT2D eigenvalue weighted by Crippen LogP contribution is 2.46. The van der Waals surface area contributed by atoms with Gasteiger partial charge in [-0.05, 0) is 87.8 Å². The van der Waals surface area contributed by atoms with Crippen molar-refractivity contribution in [2.75, 3.05) is 36.0 Å². The first-order valence-corrected chi connectivity index (χ1v) is 19.3. The molecule has 1 N–H and O–H groups in total. The first kappa shape index (κ1) is 34.7. The second-order valence-electron chi connectivity index (χ2n) is 14.3. The number of anilines is 2. The third kappa shape index (κ3) is 8.81. The molecule has 2 aliphatic carbocycles. The highest BCUT2D eigenvalue weighted by Gasteiger charge is 2.46. The van der Waals surface area contributed by atoms with Gasteiger partial charge in [-0.1, -0.05) is 133 Å². The molecule has 4 atom stereocenters. The first-order valence-electron chi connectivity index (χ1n) is 18.6. The van der Waals surface area contributed by atoms with Gasteiger partial charge in [-0.2, -0.15) is 0 Å². The fraction of sp³-hybridized carbons (Fsp3) is 0.217. The molecule has 4 fully saturated rings. The molecule has 2 aliphatic heterocycles. The maximum absolute atomic E-state index is 7.97. The maximum Gasteiger partial charge on any atom is 0.154 e. The van der Waals surface area contributed by atoms with Crippen LogP contribution in [-0.4, -0.2) is 47.6 Å². The van der Waals surface area contributed by atoms with E-state index >= 15 is 0 Å². The molecule has 0 radical (unpaired) electrons. The number of halogens is 1. The molecule has 2 aromatic heterocycles. The summed E-state index contributed by atoms with van der Waals surface area (Å²) in [6, 6.07) is 52.5. The summed E-state index contributed by atoms with van der Waals surface area (Å²) >= 11 is 3.40. The topological polar surface area (TPSA) is 68.5 Å². The summed E-state index contributed by atoms with van der Waals surface area (Å²) in [5.41, 5.74) is 5.66. The van der Waals surface area contributed by atoms with Crippen LogP contribution in [-0.2, 0) is 0 Å². The third-order valence-corrected chi connectivity index (χ3v) is 10.9. The van der Waals surface area contributed by atoms with Crippen LogP contribution in [0.15, 0.2) is 167 Å². The number of hydrogen-bond donors (Lipinski definition) is 1. The lowest BCUT2D eigenvalue weighted by Gasteiger charge is -2.19. The van der Waals surface area contributed by atoms with Crippen molar-refractivity contribution >= 4 is 44.8 Å². The van der Waals surface area contributed by atoms with E-state index in [4.69, 9.17) is 15.4 Å². The number of piperidine rings is 2. The second-order valence-corrected chi connectivity index (χ2v) is 15.1. The Bertz CT molecular complexity index is 2060. The van der Waals surface area contributed by atoms with E-state index in [9.17, 15) is 0 Å². The summed E-state index contributed by atoms with van der Waals surface area (Å²) in [5.74, 6) is 6.69. The van der Waals surface area contributed by atoms with Gasteiger partial charge in [-0.3, -0.25) is 5.41 Å². The van der Waals surface area contributed by atoms with Crippen LogP contribution in [0.1, 0.15) is 35.1 Å². The van der Waals surface area contributed by atoms with Crippen LogP contribution >= 0.6 is 15.9 Å². The minimum absolute atomic E-state index is 0.575. The van der Waals surface area contributed by atoms with Gasteiger partial charge in [0.05, 0.1) is 11.4 Å². The summed E-state index contributed by atoms with van der Waals surface area (Å²) in [4.78, 5) is 19.0. The summed E-state index contributed by atoms with van der Waals surface area (Å²) in [6.45, 7) is 4.73. The van der Waals surface area contributed by atoms with Crippen molar-refractivity contribution in [3.05, 3.63) is 185 Å². The Balaban J connectivity index is 0.000000125. The number of fused-ring (bicyclic) bond motifs is 2. The molecule has 6 nitrogen and oxygen atoms in total. The van der Waals surface area contributed by atoms with Crippen molar-refractivity contribution < 1.29 is 0 Å². The molecule has 264 valence electrons. The molecular weight excluding hydrogens is 716 g/mol. The molecule has 0 bridgehead atoms. The van der Waals surface area contributed by atoms with Crippen LogP contribution in [0.25, 0.3) is 0 Å². The van der Waals surface area contributed by atoms with E-state index in [0.717, 1.165) is 86.8 Å². The molecule has 4 aromatic carbocycles. The molecule has 4 unspecified atom stereocenters. The van der Waals surface area contributed by atoms with Crippen LogP contribution < -0.4 is 9.80 Å². The summed E-state index contributed by atoms with van der Waals surface area (Å²) in [7, 11) is 0. The molecule has 0 spiro atoms. The highest BCUT2D eigenvalue weighted by atomic mass is 79.9. The number of nitrogens with one attached hydrogen (secondary N) is 1. The molecule has 2 saturated carbocycles. The molecule has 2 saturated heterocycles. The molecule has 53 heavy (non-hydrogen) atoms. The summed E-state index contributed by atoms with van der Waals surface area (Å²) in [6.07, 6.45) is 2.85. The molecule has 0 amide bonds. The zero-order valence-electron chi connectivity index (χ0n) is 29.7. The van der Waals surface area contributed by atoms with Crippen LogP contribution in [0.3, 0.4) is 0 Å². The zero-order valence-corrected chi connectivity index (χ0v) is 31.3. The van der Waals surface area contributed by atoms with Gasteiger partial charge in [0.1, 0.15) is 16.2 Å². The van der Waals surface area contributed by atoms with Gasteiger partial charge < -0.3 is 9.80 Å². The lowest BCUT2D eigenvalue weighted by atomic mass is 10.0. The number of pyridine rings is 2. The summed E-state index contributed by atoms with van der Waals surface area (Å²) < 4.78 is 0.936. The zero-order chi connectivity index (χ0) is 36.0. The third-order valence-electron chi connectivity index (χ3n) is 10.5. The van der Waals surface area contributed by atoms with Crippen molar-refractivity contribution in [3.8, 4) is 0 Å². The van der Waals surface area contributed by atoms with Gasteiger partial charge in [-0.25, -0.2) is 15.0 Å². The predicted molar refractivity (Wildman–Crippen MR) is 221 cm³/mol. The lowest BCUT2D eigenvalue weighted by Crippen LogP contribution is -2.22. The van der Waals surface area contributed by atoms with Crippen molar-refractivity contribution in [1.82, 2.24) is 9.97 Å². The normalized spacial score (nSPS) is 20.1. The number of hydrogen-bond acceptors (Lipinski definition) is 6. The summed E-state index contributed by atoms with van der Waals surface area (Å²) in [5, 5.41) is 7.97. The van der Waals surface area contributed by atoms with E-state index in [1.165, 1.54) is 25.9 Å². The van der Waals surface area contributed by atoms with Gasteiger partial charge in [0.15, 0.2) is 5.82 Å². The quantitative estimate of drug-likeness (QED) is 0.130. The Labute approximate surface area is 320 Å². The second kappa shape index (κ2) is 16.1. The van der Waals surface area contributed by atoms with E-state index < -0.39 is 0 Å². The Morgan fingerprint density at radius 2 is 0.887 bits per heavy atom. The number of aliphatic imine (C=N–C) groups is 1. The molecule has 10 rings (SSSR count). The van der Waals surface area contributed by atoms with Crippen molar-refractivity contribution in [1.29, 1.82) is 5.41 Å². The van der Waals surface area contributed by atoms with Crippen molar-refractivity contribution in [2.24, 2.45) is 28.7 Å². The van der Waals surface area contributed by atoms with Gasteiger partial charge in [0, 0.05) is 37.3 Å². The molecular formula is C46H43BrN6. The minimum Gasteiger partial charge on any atom is -0.356 e. The average Bonchev–Trinajstić information content (AvgIpc) is 4.07. The fourth-order valence-corrected chi connectivity index (χ4v) is 7.71. The monoisotopic (exact) mass is 758 g/mol. The lowest BCUT2D eigenvalue weighted by molar-refractivity contribution is 0.804. The largest absolute Gasteiger partial charge is 0.356 e. The Kier molecular flexibility index (Phi) is 10.5. The Morgan fingerprint density at radius 3 is 1.32 bits per heavy atom. The van der Waals surface area contributed by atoms with Gasteiger partial charge in [0.2, 0.25) is 0 Å². The highest BCUT2D eigenvalue weighted by molar-refractivity contribution is 9.10. The van der Waals surface area contributed by atoms with E-state index in [0.29, 0.717) is 5.71 Å². The molecule has 4 aliphatic rings. The van der Waals surface area contributed by atoms with Gasteiger partial charge in [0.25, 0.3) is 0 Å². The minimum atomic E-state index is 0.575. The van der Waals surface area contributed by atoms with Crippen LogP contribution in [0, 0.1) is 29.1 Å². The van der Waals surface area contributed by atoms with Crippen LogP contribution in [0.4, 0.5) is 17.5 Å². The molecule has 6 aromatic rings. The first-order chi connectivity index (χ1) is 26.1. The van der Waals surface area contributed by atoms with Gasteiger partial charge >= 0.3 is 0 Å². The van der Waals surface area contributed by atoms with Crippen molar-refractivity contribution in [3.63, 3.8) is 0 Å². The van der Waals surface area contributed by atoms with Crippen LogP contribution in [0.2, 0.25) is 0 Å². The number of nitrogens with zero attached hydrogens (tertiary/aromatic N) is 5. The SMILES string of the molecule is Brc1cccc(N2CC3CC3C2)n1.N=C(c1ccccc1)c1ccccc1.c1ccc(C(=Nc2cccc(N3CC4CC4C3)n2)c2ccccc2)cc1. The van der Waals surface area contributed by atoms with Crippen molar-refractivity contribution in [2.45, 2.75) is 12.8 Å². The van der Waals surface area contributed by atoms with E-state index in [1.54, 1.807) is 0 Å². The fourth-order valence-electron chi connectivity index (χ4n) is 7.37. The number of aromatic nitrogens is 2. The standard InChI is InChI=1S/C23H21N3.C13H11N.C10H11BrN2/c1-3-8-17(9-4-1)23(18-10-5-2-6-11-18)25-21-12-7-13-22(24-21)26-15-19-14-20(19)16-26;14-13(11-7-3-1-4-8-11)12-9-5-2-6-10-12;11-9-2-1-3-10(12-9)13-5-7-4-8(7)6-13/h1-13,19-20H,14-16H2;1-10,14H;1-3,7-8H,4-6H2. The smallest absolute Gasteiger partial charge is 0.154 e. The molecule has 4 heterocycles. The predicted octanol–water partition coefficient (Wildman–Crippen LogP) is 10.1. The number of benzene rings is 4. The Morgan fingerprint density at radius 1 is 0.491 bits per heavy atom. The average molecular weight is 760 g/mol. The van der Waals surface area contributed by atoms with E-state index in [1.807, 2.05) is 109 Å². The number of rotatable bonds is 7. The Hall–Kier alpha value is -5.40.